The maximum atomic E-state index is 11.9. The zero-order valence-electron chi connectivity index (χ0n) is 10.2. The summed E-state index contributed by atoms with van der Waals surface area (Å²) in [6, 6.07) is 4.83. The van der Waals surface area contributed by atoms with Crippen LogP contribution in [-0.2, 0) is 6.54 Å². The van der Waals surface area contributed by atoms with Gasteiger partial charge in [0.25, 0.3) is 5.91 Å². The van der Waals surface area contributed by atoms with Crippen molar-refractivity contribution in [1.82, 2.24) is 20.1 Å². The van der Waals surface area contributed by atoms with Crippen molar-refractivity contribution in [1.29, 1.82) is 0 Å². The zero-order valence-corrected chi connectivity index (χ0v) is 11.0. The third-order valence-corrected chi connectivity index (χ3v) is 2.81. The molecule has 1 aromatic carbocycles. The van der Waals surface area contributed by atoms with Gasteiger partial charge in [-0.15, -0.1) is 0 Å². The van der Waals surface area contributed by atoms with E-state index in [1.807, 2.05) is 0 Å². The van der Waals surface area contributed by atoms with Crippen molar-refractivity contribution in [3.63, 3.8) is 0 Å². The number of carbonyl (C=O) groups excluding carboxylic acids is 1. The Kier molecular flexibility index (Phi) is 4.35. The molecule has 19 heavy (non-hydrogen) atoms. The average molecular weight is 280 g/mol. The van der Waals surface area contributed by atoms with Gasteiger partial charge in [-0.1, -0.05) is 11.6 Å². The van der Waals surface area contributed by atoms with E-state index >= 15 is 0 Å². The van der Waals surface area contributed by atoms with Gasteiger partial charge in [0.1, 0.15) is 12.7 Å². The Bertz CT molecular complexity index is 555. The molecule has 0 radical (unpaired) electrons. The van der Waals surface area contributed by atoms with Crippen LogP contribution in [0.25, 0.3) is 0 Å². The number of carbonyl (C=O) groups is 1. The second-order valence-electron chi connectivity index (χ2n) is 4.00. The summed E-state index contributed by atoms with van der Waals surface area (Å²) in [4.78, 5) is 15.7. The molecule has 1 aromatic heterocycles. The van der Waals surface area contributed by atoms with Gasteiger partial charge in [-0.25, -0.2) is 4.98 Å². The Morgan fingerprint density at radius 3 is 3.05 bits per heavy atom. The molecule has 6 nitrogen and oxygen atoms in total. The van der Waals surface area contributed by atoms with Gasteiger partial charge in [0.15, 0.2) is 0 Å². The van der Waals surface area contributed by atoms with Crippen molar-refractivity contribution >= 4 is 23.2 Å². The number of halogens is 1. The van der Waals surface area contributed by atoms with Crippen LogP contribution in [0.3, 0.4) is 0 Å². The van der Waals surface area contributed by atoms with Gasteiger partial charge in [0.2, 0.25) is 0 Å². The molecule has 0 atom stereocenters. The summed E-state index contributed by atoms with van der Waals surface area (Å²) in [5, 5.41) is 7.25. The van der Waals surface area contributed by atoms with Crippen molar-refractivity contribution in [3.8, 4) is 0 Å². The number of amides is 1. The minimum absolute atomic E-state index is 0.224. The van der Waals surface area contributed by atoms with Crippen molar-refractivity contribution in [3.05, 3.63) is 41.4 Å². The zero-order chi connectivity index (χ0) is 13.7. The molecule has 0 aliphatic rings. The summed E-state index contributed by atoms with van der Waals surface area (Å²) in [5.41, 5.74) is 6.54. The van der Waals surface area contributed by atoms with Crippen LogP contribution >= 0.6 is 11.6 Å². The second-order valence-corrected chi connectivity index (χ2v) is 4.44. The number of hydrogen-bond acceptors (Lipinski definition) is 4. The van der Waals surface area contributed by atoms with Crippen molar-refractivity contribution < 1.29 is 4.79 Å². The summed E-state index contributed by atoms with van der Waals surface area (Å²) < 4.78 is 1.71. The van der Waals surface area contributed by atoms with E-state index in [9.17, 15) is 4.79 Å². The summed E-state index contributed by atoms with van der Waals surface area (Å²) >= 11 is 5.84. The van der Waals surface area contributed by atoms with Gasteiger partial charge < -0.3 is 11.1 Å². The molecule has 2 aromatic rings. The molecule has 0 aliphatic carbocycles. The topological polar surface area (TPSA) is 85.8 Å². The number of nitrogens with two attached hydrogens (primary N) is 1. The Morgan fingerprint density at radius 1 is 1.47 bits per heavy atom. The number of nitrogen functional groups attached to an aromatic ring is 1. The third-order valence-electron chi connectivity index (χ3n) is 2.58. The van der Waals surface area contributed by atoms with Gasteiger partial charge in [-0.3, -0.25) is 9.48 Å². The van der Waals surface area contributed by atoms with E-state index in [-0.39, 0.29) is 5.91 Å². The lowest BCUT2D eigenvalue weighted by Crippen LogP contribution is -2.26. The molecule has 0 saturated carbocycles. The Labute approximate surface area is 115 Å². The van der Waals surface area contributed by atoms with Gasteiger partial charge in [-0.05, 0) is 24.6 Å². The monoisotopic (exact) mass is 279 g/mol. The highest BCUT2D eigenvalue weighted by Crippen LogP contribution is 2.17. The van der Waals surface area contributed by atoms with E-state index in [0.29, 0.717) is 29.4 Å². The molecule has 7 heteroatoms. The van der Waals surface area contributed by atoms with Crippen molar-refractivity contribution in [2.24, 2.45) is 0 Å². The van der Waals surface area contributed by atoms with Crippen molar-refractivity contribution in [2.45, 2.75) is 13.0 Å². The SMILES string of the molecule is Nc1ccc(Cl)cc1C(=O)NCCCn1cncn1. The first-order valence-electron chi connectivity index (χ1n) is 5.82. The molecule has 0 aliphatic heterocycles. The van der Waals surface area contributed by atoms with Gasteiger partial charge >= 0.3 is 0 Å². The van der Waals surface area contributed by atoms with Crippen molar-refractivity contribution in [2.75, 3.05) is 12.3 Å². The predicted molar refractivity (Wildman–Crippen MR) is 72.8 cm³/mol. The molecule has 0 unspecified atom stereocenters. The molecular weight excluding hydrogens is 266 g/mol. The minimum Gasteiger partial charge on any atom is -0.398 e. The van der Waals surface area contributed by atoms with E-state index in [1.54, 1.807) is 29.2 Å². The van der Waals surface area contributed by atoms with E-state index in [0.717, 1.165) is 6.42 Å². The first kappa shape index (κ1) is 13.4. The summed E-state index contributed by atoms with van der Waals surface area (Å²) in [5.74, 6) is -0.224. The Balaban J connectivity index is 1.82. The number of rotatable bonds is 5. The maximum absolute atomic E-state index is 11.9. The molecule has 0 bridgehead atoms. The smallest absolute Gasteiger partial charge is 0.253 e. The lowest BCUT2D eigenvalue weighted by molar-refractivity contribution is 0.0953. The average Bonchev–Trinajstić information content (AvgIpc) is 2.90. The normalized spacial score (nSPS) is 10.4. The number of aromatic nitrogens is 3. The van der Waals surface area contributed by atoms with Gasteiger partial charge in [0.05, 0.1) is 5.56 Å². The van der Waals surface area contributed by atoms with Crippen LogP contribution in [-0.4, -0.2) is 27.2 Å². The summed E-state index contributed by atoms with van der Waals surface area (Å²) in [7, 11) is 0. The molecule has 0 spiro atoms. The lowest BCUT2D eigenvalue weighted by atomic mass is 10.1. The molecule has 0 fully saturated rings. The van der Waals surface area contributed by atoms with Crippen LogP contribution in [0, 0.1) is 0 Å². The number of anilines is 1. The van der Waals surface area contributed by atoms with E-state index in [4.69, 9.17) is 17.3 Å². The van der Waals surface area contributed by atoms with E-state index in [1.165, 1.54) is 6.33 Å². The number of benzene rings is 1. The van der Waals surface area contributed by atoms with Crippen LogP contribution in [0.5, 0.6) is 0 Å². The molecule has 1 heterocycles. The Hall–Kier alpha value is -2.08. The fourth-order valence-corrected chi connectivity index (χ4v) is 1.78. The number of nitrogens with zero attached hydrogens (tertiary/aromatic N) is 3. The largest absolute Gasteiger partial charge is 0.398 e. The molecular formula is C12H14ClN5O. The fraction of sp³-hybridized carbons (Fsp3) is 0.250. The van der Waals surface area contributed by atoms with Crippen LogP contribution in [0.2, 0.25) is 5.02 Å². The fourth-order valence-electron chi connectivity index (χ4n) is 1.61. The lowest BCUT2D eigenvalue weighted by Gasteiger charge is -2.07. The number of nitrogens with one attached hydrogen (secondary N) is 1. The molecule has 1 amide bonds. The Morgan fingerprint density at radius 2 is 2.32 bits per heavy atom. The molecule has 0 saturated heterocycles. The first-order valence-corrected chi connectivity index (χ1v) is 6.20. The van der Waals surface area contributed by atoms with Crippen LogP contribution < -0.4 is 11.1 Å². The number of aryl methyl sites for hydroxylation is 1. The molecule has 3 N–H and O–H groups in total. The van der Waals surface area contributed by atoms with Crippen LogP contribution in [0.1, 0.15) is 16.8 Å². The number of hydrogen-bond donors (Lipinski definition) is 2. The maximum Gasteiger partial charge on any atom is 0.253 e. The highest BCUT2D eigenvalue weighted by atomic mass is 35.5. The van der Waals surface area contributed by atoms with E-state index in [2.05, 4.69) is 15.4 Å². The quantitative estimate of drug-likeness (QED) is 0.639. The van der Waals surface area contributed by atoms with Crippen LogP contribution in [0.15, 0.2) is 30.9 Å². The van der Waals surface area contributed by atoms with Gasteiger partial charge in [-0.2, -0.15) is 5.10 Å². The third kappa shape index (κ3) is 3.69. The first-order chi connectivity index (χ1) is 9.16. The highest BCUT2D eigenvalue weighted by molar-refractivity contribution is 6.31. The molecule has 2 rings (SSSR count). The van der Waals surface area contributed by atoms with E-state index < -0.39 is 0 Å². The van der Waals surface area contributed by atoms with Crippen LogP contribution in [0.4, 0.5) is 5.69 Å². The van der Waals surface area contributed by atoms with Gasteiger partial charge in [0, 0.05) is 23.8 Å². The second kappa shape index (κ2) is 6.19. The summed E-state index contributed by atoms with van der Waals surface area (Å²) in [6.45, 7) is 1.23. The predicted octanol–water partition coefficient (Wildman–Crippen LogP) is 1.33. The summed E-state index contributed by atoms with van der Waals surface area (Å²) in [6.07, 6.45) is 3.87. The highest BCUT2D eigenvalue weighted by Gasteiger charge is 2.09. The molecule has 100 valence electrons. The minimum atomic E-state index is -0.224. The standard InChI is InChI=1S/C12H14ClN5O/c13-9-2-3-11(14)10(6-9)12(19)16-4-1-5-18-8-15-7-17-18/h2-3,6-8H,1,4-5,14H2,(H,16,19).